The third-order valence-electron chi connectivity index (χ3n) is 12.3. The number of benzene rings is 5. The third kappa shape index (κ3) is 17.3. The Morgan fingerprint density at radius 1 is 0.360 bits per heavy atom. The van der Waals surface area contributed by atoms with E-state index in [-0.39, 0.29) is 65.0 Å². The Bertz CT molecular complexity index is 3390. The number of nitrogens with zero attached hydrogens (tertiary/aromatic N) is 12. The number of aliphatic hydroxyl groups is 3. The first-order valence-corrected chi connectivity index (χ1v) is 31.2. The predicted molar refractivity (Wildman–Crippen MR) is 346 cm³/mol. The molecule has 0 aliphatic carbocycles. The Labute approximate surface area is 548 Å². The first-order chi connectivity index (χ1) is 42.1. The molecule has 0 amide bonds. The highest BCUT2D eigenvalue weighted by atomic mass is 127. The average molecular weight is 1630 g/mol. The van der Waals surface area contributed by atoms with E-state index in [1.807, 2.05) is 103 Å². The van der Waals surface area contributed by atoms with Crippen molar-refractivity contribution >= 4 is 96.3 Å². The molecule has 9 aromatic rings. The van der Waals surface area contributed by atoms with Crippen LogP contribution in [0.15, 0.2) is 115 Å². The Hall–Kier alpha value is -5.71. The van der Waals surface area contributed by atoms with Crippen LogP contribution in [0.4, 0.5) is 0 Å². The van der Waals surface area contributed by atoms with E-state index < -0.39 is 5.97 Å². The normalized spacial score (nSPS) is 11.4. The van der Waals surface area contributed by atoms with Crippen molar-refractivity contribution in [3.8, 4) is 79.3 Å². The molecule has 9 rings (SSSR count). The molecule has 0 radical (unpaired) electrons. The van der Waals surface area contributed by atoms with Gasteiger partial charge in [0.15, 0.2) is 0 Å². The quantitative estimate of drug-likeness (QED) is 0.0203. The first kappa shape index (κ1) is 64.8. The van der Waals surface area contributed by atoms with Gasteiger partial charge in [-0.3, -0.25) is 0 Å². The van der Waals surface area contributed by atoms with E-state index in [1.165, 1.54) is 0 Å². The van der Waals surface area contributed by atoms with E-state index in [9.17, 15) is 4.79 Å². The molecule has 0 unspecified atom stereocenters. The van der Waals surface area contributed by atoms with Crippen LogP contribution in [0.1, 0.15) is 10.4 Å². The summed E-state index contributed by atoms with van der Waals surface area (Å²) in [4.78, 5) is 13.9. The summed E-state index contributed by atoms with van der Waals surface area (Å²) in [5, 5.41) is 63.3. The van der Waals surface area contributed by atoms with Gasteiger partial charge in [0.2, 0.25) is 0 Å². The lowest BCUT2D eigenvalue weighted by Crippen LogP contribution is -2.14. The lowest BCUT2D eigenvalue weighted by molar-refractivity contribution is 0.00919. The molecule has 0 aliphatic heterocycles. The fraction of sp³-hybridized carbons (Fsp3) is 0.316. The van der Waals surface area contributed by atoms with E-state index in [4.69, 9.17) is 58.0 Å². The Balaban J connectivity index is 0.921. The highest BCUT2D eigenvalue weighted by Gasteiger charge is 2.23. The standard InChI is InChI=1S/C57H58I4N12O13/c58-53-49(62-66-70(53)43-7-11-47(12-8-43)84-30-27-81-24-21-78-18-15-74)38-3-1-5-40(33-38)51-55(60)72(68-64-51)45-35-42(57(77)86-32-29-83-26-23-80-20-17-76)36-46(37-45)73-56(61)52(65-69-73)41-6-2-4-39(34-41)50-54(59)71(67-63-50)44-9-13-48(14-10-44)85-31-28-82-25-22-79-19-16-75/h1-14,33-37,74-76H,15-32H2. The van der Waals surface area contributed by atoms with E-state index in [2.05, 4.69) is 132 Å². The molecule has 3 N–H and O–H groups in total. The number of esters is 1. The Morgan fingerprint density at radius 3 is 1.00 bits per heavy atom. The van der Waals surface area contributed by atoms with E-state index in [1.54, 1.807) is 30.9 Å². The second-order valence-corrected chi connectivity index (χ2v) is 22.2. The van der Waals surface area contributed by atoms with Crippen LogP contribution in [0.2, 0.25) is 0 Å². The van der Waals surface area contributed by atoms with Gasteiger partial charge >= 0.3 is 5.97 Å². The number of hydrogen-bond acceptors (Lipinski definition) is 21. The van der Waals surface area contributed by atoms with Crippen molar-refractivity contribution in [1.29, 1.82) is 0 Å². The summed E-state index contributed by atoms with van der Waals surface area (Å²) >= 11 is 8.90. The van der Waals surface area contributed by atoms with Gasteiger partial charge < -0.3 is 58.0 Å². The molecule has 0 saturated heterocycles. The highest BCUT2D eigenvalue weighted by Crippen LogP contribution is 2.34. The number of hydrogen-bond donors (Lipinski definition) is 3. The fourth-order valence-electron chi connectivity index (χ4n) is 8.27. The minimum absolute atomic E-state index is 0.0212. The molecule has 25 nitrogen and oxygen atoms in total. The highest BCUT2D eigenvalue weighted by molar-refractivity contribution is 14.1. The topological polar surface area (TPSA) is 284 Å². The third-order valence-corrected chi connectivity index (χ3v) is 16.2. The first-order valence-electron chi connectivity index (χ1n) is 26.9. The summed E-state index contributed by atoms with van der Waals surface area (Å²) in [5.74, 6) is 0.764. The summed E-state index contributed by atoms with van der Waals surface area (Å²) < 4.78 is 59.4. The zero-order chi connectivity index (χ0) is 60.0. The average Bonchev–Trinajstić information content (AvgIpc) is 2.76. The molecular weight excluding hydrogens is 1570 g/mol. The van der Waals surface area contributed by atoms with Gasteiger partial charge in [0.1, 0.15) is 68.9 Å². The number of aromatic nitrogens is 12. The molecule has 29 heteroatoms. The van der Waals surface area contributed by atoms with Crippen molar-refractivity contribution in [3.63, 3.8) is 0 Å². The Kier molecular flexibility index (Phi) is 25.3. The second kappa shape index (κ2) is 33.6. The molecule has 0 atom stereocenters. The van der Waals surface area contributed by atoms with Crippen molar-refractivity contribution in [2.24, 2.45) is 0 Å². The van der Waals surface area contributed by atoms with Crippen LogP contribution in [0.5, 0.6) is 11.5 Å². The maximum atomic E-state index is 13.9. The molecule has 0 spiro atoms. The number of aliphatic hydroxyl groups excluding tert-OH is 3. The van der Waals surface area contributed by atoms with Gasteiger partial charge in [-0.05, 0) is 169 Å². The summed E-state index contributed by atoms with van der Waals surface area (Å²) in [6, 6.07) is 35.9. The number of carbonyl (C=O) groups excluding carboxylic acids is 1. The molecular formula is C57H58I4N12O13. The molecule has 452 valence electrons. The molecule has 4 aromatic heterocycles. The van der Waals surface area contributed by atoms with Crippen LogP contribution in [-0.4, -0.2) is 200 Å². The lowest BCUT2D eigenvalue weighted by Gasteiger charge is -2.12. The van der Waals surface area contributed by atoms with Gasteiger partial charge in [0.05, 0.1) is 127 Å². The maximum Gasteiger partial charge on any atom is 0.338 e. The van der Waals surface area contributed by atoms with Crippen molar-refractivity contribution < 1.29 is 62.7 Å². The van der Waals surface area contributed by atoms with Crippen LogP contribution < -0.4 is 9.47 Å². The SMILES string of the molecule is O=C(OCCOCCOCCO)c1cc(-n2nnc(-c3cccc(-c4nnn(-c5ccc(OCCOCCOCCO)cc5)c4I)c3)c2I)cc(-n2nnc(-c3cccc(-c4nnn(-c5ccc(OCCOCCOCCO)cc5)c4I)c3)c2I)c1. The molecule has 86 heavy (non-hydrogen) atoms. The summed E-state index contributed by atoms with van der Waals surface area (Å²) in [5.41, 5.74) is 8.53. The maximum absolute atomic E-state index is 13.9. The minimum Gasteiger partial charge on any atom is -0.491 e. The van der Waals surface area contributed by atoms with Crippen LogP contribution in [-0.2, 0) is 33.2 Å². The summed E-state index contributed by atoms with van der Waals surface area (Å²) in [7, 11) is 0. The molecule has 4 heterocycles. The van der Waals surface area contributed by atoms with Crippen molar-refractivity contribution in [2.45, 2.75) is 0 Å². The zero-order valence-corrected chi connectivity index (χ0v) is 54.6. The van der Waals surface area contributed by atoms with Gasteiger partial charge in [-0.15, -0.1) is 20.4 Å². The van der Waals surface area contributed by atoms with Crippen LogP contribution in [0.25, 0.3) is 67.8 Å². The van der Waals surface area contributed by atoms with E-state index in [0.29, 0.717) is 113 Å². The number of ether oxygens (including phenoxy) is 9. The van der Waals surface area contributed by atoms with Gasteiger partial charge in [-0.25, -0.2) is 23.5 Å². The number of halogens is 4. The van der Waals surface area contributed by atoms with Crippen LogP contribution in [0, 0.1) is 14.8 Å². The van der Waals surface area contributed by atoms with Crippen LogP contribution in [0.3, 0.4) is 0 Å². The zero-order valence-electron chi connectivity index (χ0n) is 46.0. The van der Waals surface area contributed by atoms with E-state index >= 15 is 0 Å². The van der Waals surface area contributed by atoms with Gasteiger partial charge in [-0.1, -0.05) is 57.3 Å². The smallest absolute Gasteiger partial charge is 0.338 e. The largest absolute Gasteiger partial charge is 0.491 e. The van der Waals surface area contributed by atoms with Crippen molar-refractivity contribution in [2.75, 3.05) is 119 Å². The monoisotopic (exact) mass is 1630 g/mol. The number of carbonyl (C=O) groups is 1. The lowest BCUT2D eigenvalue weighted by atomic mass is 10.1. The summed E-state index contributed by atoms with van der Waals surface area (Å²) in [6.45, 7) is 4.50. The Morgan fingerprint density at radius 2 is 0.663 bits per heavy atom. The molecule has 0 aliphatic rings. The molecule has 0 saturated carbocycles. The van der Waals surface area contributed by atoms with Crippen LogP contribution >= 0.6 is 90.4 Å². The minimum atomic E-state index is -0.600. The molecule has 0 fully saturated rings. The van der Waals surface area contributed by atoms with Crippen molar-refractivity contribution in [3.05, 3.63) is 136 Å². The number of rotatable bonds is 35. The van der Waals surface area contributed by atoms with E-state index in [0.717, 1.165) is 41.0 Å². The molecule has 0 bridgehead atoms. The summed E-state index contributed by atoms with van der Waals surface area (Å²) in [6.07, 6.45) is 0. The van der Waals surface area contributed by atoms with Crippen molar-refractivity contribution in [1.82, 2.24) is 60.0 Å². The molecule has 5 aromatic carbocycles. The predicted octanol–water partition coefficient (Wildman–Crippen LogP) is 7.09. The van der Waals surface area contributed by atoms with Gasteiger partial charge in [0, 0.05) is 22.3 Å². The van der Waals surface area contributed by atoms with Gasteiger partial charge in [0.25, 0.3) is 0 Å². The second-order valence-electron chi connectivity index (χ2n) is 18.1. The fourth-order valence-corrected chi connectivity index (χ4v) is 11.5. The van der Waals surface area contributed by atoms with Gasteiger partial charge in [-0.2, -0.15) is 0 Å².